The zero-order valence-electron chi connectivity index (χ0n) is 17.3. The molecule has 4 aliphatic rings. The average Bonchev–Trinajstić information content (AvgIpc) is 2.96. The molecular weight excluding hydrogens is 362 g/mol. The molecule has 2 saturated heterocycles. The molecule has 1 N–H and O–H groups in total. The molecule has 3 fully saturated rings. The molecule has 1 aromatic rings. The fourth-order valence-corrected chi connectivity index (χ4v) is 6.44. The maximum Gasteiger partial charge on any atom is 0.352 e. The Balaban J connectivity index is 1.35. The Morgan fingerprint density at radius 1 is 0.862 bits per heavy atom. The molecule has 3 atom stereocenters. The van der Waals surface area contributed by atoms with Crippen molar-refractivity contribution in [3.05, 3.63) is 24.3 Å². The van der Waals surface area contributed by atoms with Crippen molar-refractivity contribution in [1.29, 1.82) is 0 Å². The van der Waals surface area contributed by atoms with Crippen molar-refractivity contribution in [2.24, 2.45) is 4.99 Å². The van der Waals surface area contributed by atoms with Gasteiger partial charge in [-0.05, 0) is 50.7 Å². The van der Waals surface area contributed by atoms with E-state index in [1.54, 1.807) is 0 Å². The van der Waals surface area contributed by atoms with Crippen LogP contribution in [0.2, 0.25) is 0 Å². The predicted molar refractivity (Wildman–Crippen MR) is 116 cm³/mol. The summed E-state index contributed by atoms with van der Waals surface area (Å²) in [6.45, 7) is 0.430. The molecule has 3 heterocycles. The number of carboxylic acids is 1. The van der Waals surface area contributed by atoms with E-state index in [9.17, 15) is 9.90 Å². The molecule has 3 aliphatic heterocycles. The Kier molecular flexibility index (Phi) is 5.33. The molecular formula is C24H33N3O2. The standard InChI is InChI=1S/C24H33N3O2/c28-24(29)22-16-26(23-11-7-6-10-21(23)25-22)20-14-18-12-13-19(15-20)27(18)17-8-4-2-1-3-5-9-17/h6-7,10-11,17-20H,1-5,8-9,12-16H2,(H,28,29)/t18-,19+,20+. The fourth-order valence-electron chi connectivity index (χ4n) is 6.44. The number of rotatable bonds is 3. The minimum atomic E-state index is -0.889. The van der Waals surface area contributed by atoms with Crippen LogP contribution in [-0.4, -0.2) is 52.4 Å². The summed E-state index contributed by atoms with van der Waals surface area (Å²) in [4.78, 5) is 21.4. The van der Waals surface area contributed by atoms with Crippen LogP contribution in [0.3, 0.4) is 0 Å². The van der Waals surface area contributed by atoms with Crippen LogP contribution < -0.4 is 4.90 Å². The van der Waals surface area contributed by atoms with Crippen LogP contribution in [0.15, 0.2) is 29.3 Å². The van der Waals surface area contributed by atoms with Crippen LogP contribution in [0, 0.1) is 0 Å². The average molecular weight is 396 g/mol. The number of carbonyl (C=O) groups is 1. The van der Waals surface area contributed by atoms with E-state index >= 15 is 0 Å². The van der Waals surface area contributed by atoms with Crippen molar-refractivity contribution in [2.45, 2.75) is 94.8 Å². The number of piperidine rings is 1. The van der Waals surface area contributed by atoms with Crippen LogP contribution in [0.25, 0.3) is 0 Å². The van der Waals surface area contributed by atoms with Gasteiger partial charge in [0.25, 0.3) is 0 Å². The summed E-state index contributed by atoms with van der Waals surface area (Å²) in [7, 11) is 0. The van der Waals surface area contributed by atoms with E-state index in [0.717, 1.165) is 30.3 Å². The Morgan fingerprint density at radius 2 is 1.52 bits per heavy atom. The number of hydrogen-bond acceptors (Lipinski definition) is 4. The summed E-state index contributed by atoms with van der Waals surface area (Å²) in [5.74, 6) is -0.889. The largest absolute Gasteiger partial charge is 0.477 e. The van der Waals surface area contributed by atoms with E-state index in [1.807, 2.05) is 18.2 Å². The Bertz CT molecular complexity index is 770. The van der Waals surface area contributed by atoms with Gasteiger partial charge in [0.2, 0.25) is 0 Å². The maximum absolute atomic E-state index is 11.7. The topological polar surface area (TPSA) is 56.1 Å². The molecule has 1 saturated carbocycles. The minimum absolute atomic E-state index is 0.276. The summed E-state index contributed by atoms with van der Waals surface area (Å²) in [5, 5.41) is 9.59. The highest BCUT2D eigenvalue weighted by Gasteiger charge is 2.45. The second kappa shape index (κ2) is 8.10. The molecule has 1 aromatic carbocycles. The highest BCUT2D eigenvalue weighted by atomic mass is 16.4. The van der Waals surface area contributed by atoms with Crippen molar-refractivity contribution >= 4 is 23.1 Å². The van der Waals surface area contributed by atoms with E-state index in [2.05, 4.69) is 20.9 Å². The third-order valence-electron chi connectivity index (χ3n) is 7.72. The number of para-hydroxylation sites is 2. The lowest BCUT2D eigenvalue weighted by Gasteiger charge is -2.48. The van der Waals surface area contributed by atoms with Crippen LogP contribution in [0.4, 0.5) is 11.4 Å². The predicted octanol–water partition coefficient (Wildman–Crippen LogP) is 4.77. The highest BCUT2D eigenvalue weighted by molar-refractivity contribution is 6.38. The van der Waals surface area contributed by atoms with Crippen molar-refractivity contribution in [3.8, 4) is 0 Å². The van der Waals surface area contributed by atoms with Crippen LogP contribution in [-0.2, 0) is 4.79 Å². The molecule has 29 heavy (non-hydrogen) atoms. The highest BCUT2D eigenvalue weighted by Crippen LogP contribution is 2.44. The fraction of sp³-hybridized carbons (Fsp3) is 0.667. The van der Waals surface area contributed by atoms with Gasteiger partial charge in [-0.2, -0.15) is 0 Å². The number of hydrogen-bond donors (Lipinski definition) is 1. The normalized spacial score (nSPS) is 31.0. The van der Waals surface area contributed by atoms with Gasteiger partial charge in [0.1, 0.15) is 5.71 Å². The van der Waals surface area contributed by atoms with Crippen LogP contribution in [0.1, 0.15) is 70.6 Å². The molecule has 5 rings (SSSR count). The van der Waals surface area contributed by atoms with Crippen molar-refractivity contribution in [1.82, 2.24) is 4.90 Å². The Hall–Kier alpha value is -1.88. The molecule has 5 nitrogen and oxygen atoms in total. The van der Waals surface area contributed by atoms with E-state index in [-0.39, 0.29) is 5.71 Å². The molecule has 1 aliphatic carbocycles. The molecule has 0 radical (unpaired) electrons. The molecule has 0 aromatic heterocycles. The number of aliphatic carboxylic acids is 1. The maximum atomic E-state index is 11.7. The number of nitrogens with zero attached hydrogens (tertiary/aromatic N) is 3. The van der Waals surface area contributed by atoms with Crippen molar-refractivity contribution in [3.63, 3.8) is 0 Å². The van der Waals surface area contributed by atoms with Crippen LogP contribution in [0.5, 0.6) is 0 Å². The number of carboxylic acid groups (broad SMARTS) is 1. The van der Waals surface area contributed by atoms with E-state index in [0.29, 0.717) is 24.7 Å². The minimum Gasteiger partial charge on any atom is -0.477 e. The quantitative estimate of drug-likeness (QED) is 0.801. The van der Waals surface area contributed by atoms with Crippen molar-refractivity contribution < 1.29 is 9.90 Å². The summed E-state index contributed by atoms with van der Waals surface area (Å²) in [5.41, 5.74) is 2.20. The second-order valence-electron chi connectivity index (χ2n) is 9.44. The zero-order chi connectivity index (χ0) is 19.8. The van der Waals surface area contributed by atoms with Gasteiger partial charge >= 0.3 is 5.97 Å². The number of fused-ring (bicyclic) bond motifs is 3. The smallest absolute Gasteiger partial charge is 0.352 e. The van der Waals surface area contributed by atoms with Gasteiger partial charge < -0.3 is 10.0 Å². The third-order valence-corrected chi connectivity index (χ3v) is 7.72. The van der Waals surface area contributed by atoms with Gasteiger partial charge in [-0.3, -0.25) is 4.90 Å². The van der Waals surface area contributed by atoms with E-state index in [1.165, 1.54) is 57.8 Å². The molecule has 156 valence electrons. The first-order valence-electron chi connectivity index (χ1n) is 11.6. The van der Waals surface area contributed by atoms with Gasteiger partial charge in [-0.25, -0.2) is 9.79 Å². The number of aliphatic imine (C=N–C) groups is 1. The zero-order valence-corrected chi connectivity index (χ0v) is 17.3. The SMILES string of the molecule is O=C(O)C1=Nc2ccccc2N([C@H]2C[C@H]3CC[C@@H](C2)N3C2CCCCCCC2)C1. The third kappa shape index (κ3) is 3.70. The van der Waals surface area contributed by atoms with Gasteiger partial charge in [0.15, 0.2) is 0 Å². The first-order chi connectivity index (χ1) is 14.2. The number of anilines is 1. The van der Waals surface area contributed by atoms with E-state index in [4.69, 9.17) is 0 Å². The first-order valence-corrected chi connectivity index (χ1v) is 11.6. The summed E-state index contributed by atoms with van der Waals surface area (Å²) < 4.78 is 0. The molecule has 0 amide bonds. The lowest BCUT2D eigenvalue weighted by molar-refractivity contribution is -0.129. The lowest BCUT2D eigenvalue weighted by atomic mass is 9.89. The monoisotopic (exact) mass is 395 g/mol. The molecule has 0 spiro atoms. The molecule has 0 unspecified atom stereocenters. The van der Waals surface area contributed by atoms with Gasteiger partial charge in [0.05, 0.1) is 17.9 Å². The second-order valence-corrected chi connectivity index (χ2v) is 9.44. The number of benzene rings is 1. The van der Waals surface area contributed by atoms with Gasteiger partial charge in [-0.15, -0.1) is 0 Å². The van der Waals surface area contributed by atoms with Gasteiger partial charge in [0, 0.05) is 24.2 Å². The molecule has 2 bridgehead atoms. The molecule has 5 heteroatoms. The summed E-state index contributed by atoms with van der Waals surface area (Å²) >= 11 is 0. The van der Waals surface area contributed by atoms with Crippen molar-refractivity contribution in [2.75, 3.05) is 11.4 Å². The summed E-state index contributed by atoms with van der Waals surface area (Å²) in [6.07, 6.45) is 14.7. The first kappa shape index (κ1) is 19.1. The Labute approximate surface area is 173 Å². The summed E-state index contributed by atoms with van der Waals surface area (Å²) in [6, 6.07) is 10.6. The van der Waals surface area contributed by atoms with E-state index < -0.39 is 5.97 Å². The lowest BCUT2D eigenvalue weighted by Crippen LogP contribution is -2.55. The van der Waals surface area contributed by atoms with Gasteiger partial charge in [-0.1, -0.05) is 44.2 Å². The van der Waals surface area contributed by atoms with Crippen LogP contribution >= 0.6 is 0 Å². The Morgan fingerprint density at radius 3 is 2.21 bits per heavy atom.